The van der Waals surface area contributed by atoms with Crippen LogP contribution in [0.1, 0.15) is 27.0 Å². The molecule has 2 aromatic rings. The maximum Gasteiger partial charge on any atom is 0.338 e. The zero-order valence-electron chi connectivity index (χ0n) is 13.8. The number of nitriles is 1. The Bertz CT molecular complexity index is 884. The number of carbonyl (C=O) groups is 3. The summed E-state index contributed by atoms with van der Waals surface area (Å²) in [5.74, 6) is -0.808. The number of imide groups is 1. The van der Waals surface area contributed by atoms with E-state index in [0.29, 0.717) is 16.7 Å². The summed E-state index contributed by atoms with van der Waals surface area (Å²) in [6.07, 6.45) is 0. The summed E-state index contributed by atoms with van der Waals surface area (Å²) < 4.78 is 5.27. The first kappa shape index (κ1) is 17.2. The van der Waals surface area contributed by atoms with E-state index in [1.54, 1.807) is 48.5 Å². The monoisotopic (exact) mass is 349 g/mol. The van der Waals surface area contributed by atoms with E-state index in [1.165, 1.54) is 0 Å². The second-order valence-corrected chi connectivity index (χ2v) is 5.72. The van der Waals surface area contributed by atoms with E-state index in [-0.39, 0.29) is 25.6 Å². The number of esters is 1. The van der Waals surface area contributed by atoms with Crippen molar-refractivity contribution in [2.75, 3.05) is 6.54 Å². The van der Waals surface area contributed by atoms with Crippen LogP contribution in [0.3, 0.4) is 0 Å². The Kier molecular flexibility index (Phi) is 4.94. The van der Waals surface area contributed by atoms with Crippen molar-refractivity contribution in [1.82, 2.24) is 10.2 Å². The molecule has 1 N–H and O–H groups in total. The van der Waals surface area contributed by atoms with Crippen molar-refractivity contribution in [1.29, 1.82) is 5.26 Å². The molecule has 3 rings (SSSR count). The van der Waals surface area contributed by atoms with Gasteiger partial charge in [-0.15, -0.1) is 0 Å². The minimum Gasteiger partial charge on any atom is -0.457 e. The number of benzene rings is 2. The van der Waals surface area contributed by atoms with E-state index in [9.17, 15) is 14.4 Å². The highest BCUT2D eigenvalue weighted by Gasteiger charge is 2.28. The molecule has 26 heavy (non-hydrogen) atoms. The third kappa shape index (κ3) is 3.87. The highest BCUT2D eigenvalue weighted by molar-refractivity contribution is 6.01. The minimum absolute atomic E-state index is 0.00877. The Morgan fingerprint density at radius 1 is 1.15 bits per heavy atom. The molecule has 1 heterocycles. The molecule has 0 spiro atoms. The second kappa shape index (κ2) is 7.49. The first-order chi connectivity index (χ1) is 12.6. The molecule has 0 saturated carbocycles. The molecule has 1 saturated heterocycles. The Morgan fingerprint density at radius 3 is 2.58 bits per heavy atom. The van der Waals surface area contributed by atoms with Gasteiger partial charge in [0.1, 0.15) is 6.61 Å². The van der Waals surface area contributed by atoms with Crippen LogP contribution >= 0.6 is 0 Å². The molecule has 0 bridgehead atoms. The predicted molar refractivity (Wildman–Crippen MR) is 90.7 cm³/mol. The lowest BCUT2D eigenvalue weighted by Gasteiger charge is -2.13. The number of nitrogens with one attached hydrogen (secondary N) is 1. The molecule has 7 heteroatoms. The standard InChI is InChI=1S/C19H15N3O4/c20-9-13-4-6-14(7-5-13)12-26-18(24)16-3-1-2-15(8-16)11-22-17(23)10-21-19(22)25/h1-8H,10-12H2,(H,21,25). The van der Waals surface area contributed by atoms with Gasteiger partial charge in [-0.3, -0.25) is 9.69 Å². The molecule has 0 radical (unpaired) electrons. The summed E-state index contributed by atoms with van der Waals surface area (Å²) in [7, 11) is 0. The third-order valence-corrected chi connectivity index (χ3v) is 3.89. The van der Waals surface area contributed by atoms with Gasteiger partial charge in [-0.05, 0) is 35.4 Å². The summed E-state index contributed by atoms with van der Waals surface area (Å²) in [6.45, 7) is 0.175. The van der Waals surface area contributed by atoms with Crippen LogP contribution in [0.2, 0.25) is 0 Å². The summed E-state index contributed by atoms with van der Waals surface area (Å²) in [4.78, 5) is 36.6. The Hall–Kier alpha value is -3.66. The van der Waals surface area contributed by atoms with E-state index in [2.05, 4.69) is 5.32 Å². The van der Waals surface area contributed by atoms with Gasteiger partial charge in [-0.25, -0.2) is 9.59 Å². The Morgan fingerprint density at radius 2 is 1.92 bits per heavy atom. The molecule has 7 nitrogen and oxygen atoms in total. The van der Waals surface area contributed by atoms with Crippen molar-refractivity contribution < 1.29 is 19.1 Å². The van der Waals surface area contributed by atoms with Gasteiger partial charge in [-0.2, -0.15) is 5.26 Å². The van der Waals surface area contributed by atoms with E-state index in [1.807, 2.05) is 6.07 Å². The molecule has 0 aliphatic carbocycles. The van der Waals surface area contributed by atoms with Gasteiger partial charge in [0, 0.05) is 0 Å². The topological polar surface area (TPSA) is 99.5 Å². The van der Waals surface area contributed by atoms with Gasteiger partial charge in [-0.1, -0.05) is 24.3 Å². The van der Waals surface area contributed by atoms with Crippen LogP contribution in [0.5, 0.6) is 0 Å². The van der Waals surface area contributed by atoms with E-state index < -0.39 is 12.0 Å². The fourth-order valence-corrected chi connectivity index (χ4v) is 2.50. The first-order valence-electron chi connectivity index (χ1n) is 7.90. The molecule has 1 fully saturated rings. The molecule has 2 aromatic carbocycles. The molecule has 0 unspecified atom stereocenters. The maximum absolute atomic E-state index is 12.2. The number of carbonyl (C=O) groups excluding carboxylic acids is 3. The average Bonchev–Trinajstić information content (AvgIpc) is 2.98. The van der Waals surface area contributed by atoms with Crippen LogP contribution in [0.4, 0.5) is 4.79 Å². The van der Waals surface area contributed by atoms with E-state index >= 15 is 0 Å². The highest BCUT2D eigenvalue weighted by atomic mass is 16.5. The fourth-order valence-electron chi connectivity index (χ4n) is 2.50. The Balaban J connectivity index is 1.63. The van der Waals surface area contributed by atoms with E-state index in [4.69, 9.17) is 10.00 Å². The van der Waals surface area contributed by atoms with Crippen LogP contribution in [-0.2, 0) is 22.7 Å². The number of urea groups is 1. The van der Waals surface area contributed by atoms with Gasteiger partial charge in [0.15, 0.2) is 0 Å². The van der Waals surface area contributed by atoms with Gasteiger partial charge >= 0.3 is 12.0 Å². The van der Waals surface area contributed by atoms with Crippen LogP contribution in [-0.4, -0.2) is 29.4 Å². The lowest BCUT2D eigenvalue weighted by atomic mass is 10.1. The van der Waals surface area contributed by atoms with Crippen molar-refractivity contribution in [2.45, 2.75) is 13.2 Å². The summed E-state index contributed by atoms with van der Waals surface area (Å²) >= 11 is 0. The highest BCUT2D eigenvalue weighted by Crippen LogP contribution is 2.13. The van der Waals surface area contributed by atoms with Gasteiger partial charge in [0.25, 0.3) is 0 Å². The smallest absolute Gasteiger partial charge is 0.338 e. The zero-order valence-corrected chi connectivity index (χ0v) is 13.8. The molecular formula is C19H15N3O4. The molecule has 0 atom stereocenters. The summed E-state index contributed by atoms with van der Waals surface area (Å²) in [5.41, 5.74) is 2.30. The number of amides is 3. The molecule has 3 amide bonds. The average molecular weight is 349 g/mol. The molecule has 130 valence electrons. The lowest BCUT2D eigenvalue weighted by molar-refractivity contribution is -0.125. The number of hydrogen-bond donors (Lipinski definition) is 1. The third-order valence-electron chi connectivity index (χ3n) is 3.89. The SMILES string of the molecule is N#Cc1ccc(COC(=O)c2cccc(CN3C(=O)CNC3=O)c2)cc1. The molecule has 1 aliphatic rings. The Labute approximate surface area is 149 Å². The number of nitrogens with zero attached hydrogens (tertiary/aromatic N) is 2. The number of hydrogen-bond acceptors (Lipinski definition) is 5. The van der Waals surface area contributed by atoms with Crippen molar-refractivity contribution in [3.63, 3.8) is 0 Å². The van der Waals surface area contributed by atoms with Crippen molar-refractivity contribution in [3.05, 3.63) is 70.8 Å². The minimum atomic E-state index is -0.506. The number of rotatable bonds is 5. The first-order valence-corrected chi connectivity index (χ1v) is 7.90. The fraction of sp³-hybridized carbons (Fsp3) is 0.158. The second-order valence-electron chi connectivity index (χ2n) is 5.72. The van der Waals surface area contributed by atoms with E-state index in [0.717, 1.165) is 10.5 Å². The quantitative estimate of drug-likeness (QED) is 0.657. The van der Waals surface area contributed by atoms with Gasteiger partial charge in [0.2, 0.25) is 5.91 Å². The van der Waals surface area contributed by atoms with Crippen molar-refractivity contribution >= 4 is 17.9 Å². The van der Waals surface area contributed by atoms with Crippen LogP contribution in [0.25, 0.3) is 0 Å². The normalized spacial score (nSPS) is 13.3. The van der Waals surface area contributed by atoms with Gasteiger partial charge in [0.05, 0.1) is 30.3 Å². The van der Waals surface area contributed by atoms with Crippen molar-refractivity contribution in [2.24, 2.45) is 0 Å². The van der Waals surface area contributed by atoms with Crippen LogP contribution in [0.15, 0.2) is 48.5 Å². The van der Waals surface area contributed by atoms with Crippen molar-refractivity contribution in [3.8, 4) is 6.07 Å². The molecule has 1 aliphatic heterocycles. The number of ether oxygens (including phenoxy) is 1. The summed E-state index contributed by atoms with van der Waals surface area (Å²) in [6, 6.07) is 14.9. The lowest BCUT2D eigenvalue weighted by Crippen LogP contribution is -2.30. The largest absolute Gasteiger partial charge is 0.457 e. The molecular weight excluding hydrogens is 334 g/mol. The van der Waals surface area contributed by atoms with Crippen LogP contribution in [0, 0.1) is 11.3 Å². The van der Waals surface area contributed by atoms with Gasteiger partial charge < -0.3 is 10.1 Å². The zero-order chi connectivity index (χ0) is 18.5. The molecule has 0 aromatic heterocycles. The maximum atomic E-state index is 12.2. The predicted octanol–water partition coefficient (Wildman–Crippen LogP) is 1.97. The summed E-state index contributed by atoms with van der Waals surface area (Å²) in [5, 5.41) is 11.2. The van der Waals surface area contributed by atoms with Crippen LogP contribution < -0.4 is 5.32 Å².